The van der Waals surface area contributed by atoms with Crippen LogP contribution in [0.1, 0.15) is 18.5 Å². The molecule has 0 bridgehead atoms. The number of para-hydroxylation sites is 1. The minimum Gasteiger partial charge on any atom is -0.496 e. The van der Waals surface area contributed by atoms with Crippen molar-refractivity contribution < 1.29 is 23.1 Å². The van der Waals surface area contributed by atoms with Crippen molar-refractivity contribution in [3.05, 3.63) is 29.8 Å². The van der Waals surface area contributed by atoms with Crippen molar-refractivity contribution in [3.8, 4) is 5.75 Å². The third kappa shape index (κ3) is 4.01. The first-order valence-electron chi connectivity index (χ1n) is 5.20. The average Bonchev–Trinajstić information content (AvgIpc) is 2.26. The fourth-order valence-electron chi connectivity index (χ4n) is 1.56. The van der Waals surface area contributed by atoms with E-state index in [2.05, 4.69) is 4.72 Å². The maximum Gasteiger partial charge on any atom is 0.320 e. The van der Waals surface area contributed by atoms with Gasteiger partial charge in [0.25, 0.3) is 0 Å². The standard InChI is InChI=1S/C11H15NO5S/c1-8(12-18(15,16)7-11(13)14)9-5-3-4-6-10(9)17-2/h3-6,8,12H,7H2,1-2H3,(H,13,14)/t8-/m1/s1. The number of sulfonamides is 1. The molecule has 0 spiro atoms. The van der Waals surface area contributed by atoms with E-state index in [1.54, 1.807) is 31.2 Å². The van der Waals surface area contributed by atoms with Gasteiger partial charge in [0.1, 0.15) is 5.75 Å². The van der Waals surface area contributed by atoms with Crippen molar-refractivity contribution in [2.45, 2.75) is 13.0 Å². The molecular formula is C11H15NO5S. The Morgan fingerprint density at radius 2 is 2.06 bits per heavy atom. The van der Waals surface area contributed by atoms with Gasteiger partial charge in [-0.05, 0) is 13.0 Å². The molecule has 2 N–H and O–H groups in total. The lowest BCUT2D eigenvalue weighted by Gasteiger charge is -2.16. The van der Waals surface area contributed by atoms with Crippen LogP contribution in [-0.4, -0.2) is 32.4 Å². The highest BCUT2D eigenvalue weighted by Gasteiger charge is 2.20. The molecule has 0 aliphatic carbocycles. The van der Waals surface area contributed by atoms with Gasteiger partial charge in [0.15, 0.2) is 5.75 Å². The second-order valence-corrected chi connectivity index (χ2v) is 5.49. The highest BCUT2D eigenvalue weighted by atomic mass is 32.2. The first-order valence-corrected chi connectivity index (χ1v) is 6.85. The third-order valence-corrected chi connectivity index (χ3v) is 3.61. The zero-order valence-corrected chi connectivity index (χ0v) is 10.9. The molecule has 1 rings (SSSR count). The molecule has 100 valence electrons. The number of methoxy groups -OCH3 is 1. The van der Waals surface area contributed by atoms with E-state index in [9.17, 15) is 13.2 Å². The number of benzene rings is 1. The summed E-state index contributed by atoms with van der Waals surface area (Å²) in [5.41, 5.74) is 0.647. The van der Waals surface area contributed by atoms with Gasteiger partial charge in [-0.3, -0.25) is 4.79 Å². The lowest BCUT2D eigenvalue weighted by molar-refractivity contribution is -0.134. The third-order valence-electron chi connectivity index (χ3n) is 2.28. The van der Waals surface area contributed by atoms with Crippen LogP contribution < -0.4 is 9.46 Å². The van der Waals surface area contributed by atoms with Crippen molar-refractivity contribution in [2.24, 2.45) is 0 Å². The molecule has 0 aliphatic heterocycles. The van der Waals surface area contributed by atoms with Crippen molar-refractivity contribution in [1.29, 1.82) is 0 Å². The van der Waals surface area contributed by atoms with Crippen LogP contribution in [0.3, 0.4) is 0 Å². The highest BCUT2D eigenvalue weighted by Crippen LogP contribution is 2.24. The predicted molar refractivity (Wildman–Crippen MR) is 66.0 cm³/mol. The average molecular weight is 273 g/mol. The molecule has 1 atom stereocenters. The first-order chi connectivity index (χ1) is 8.35. The van der Waals surface area contributed by atoms with Crippen molar-refractivity contribution in [2.75, 3.05) is 12.9 Å². The molecule has 0 saturated carbocycles. The molecule has 6 nitrogen and oxygen atoms in total. The molecule has 0 aliphatic rings. The molecule has 18 heavy (non-hydrogen) atoms. The molecule has 0 fully saturated rings. The van der Waals surface area contributed by atoms with Crippen molar-refractivity contribution in [1.82, 2.24) is 4.72 Å². The first kappa shape index (κ1) is 14.5. The molecule has 0 saturated heterocycles. The van der Waals surface area contributed by atoms with Crippen LogP contribution in [-0.2, 0) is 14.8 Å². The van der Waals surface area contributed by atoms with Crippen LogP contribution in [0.2, 0.25) is 0 Å². The Morgan fingerprint density at radius 1 is 1.44 bits per heavy atom. The fourth-order valence-corrected chi connectivity index (χ4v) is 2.64. The lowest BCUT2D eigenvalue weighted by Crippen LogP contribution is -2.32. The summed E-state index contributed by atoms with van der Waals surface area (Å²) in [7, 11) is -2.37. The van der Waals surface area contributed by atoms with Gasteiger partial charge in [-0.1, -0.05) is 18.2 Å². The Morgan fingerprint density at radius 3 is 2.61 bits per heavy atom. The van der Waals surface area contributed by atoms with E-state index < -0.39 is 27.8 Å². The van der Waals surface area contributed by atoms with Crippen molar-refractivity contribution in [3.63, 3.8) is 0 Å². The van der Waals surface area contributed by atoms with Gasteiger partial charge in [-0.2, -0.15) is 0 Å². The SMILES string of the molecule is COc1ccccc1[C@@H](C)NS(=O)(=O)CC(=O)O. The van der Waals surface area contributed by atoms with Gasteiger partial charge in [-0.15, -0.1) is 0 Å². The molecule has 1 aromatic rings. The van der Waals surface area contributed by atoms with Crippen LogP contribution in [0.4, 0.5) is 0 Å². The summed E-state index contributed by atoms with van der Waals surface area (Å²) in [6, 6.07) is 6.37. The smallest absolute Gasteiger partial charge is 0.320 e. The van der Waals surface area contributed by atoms with E-state index in [-0.39, 0.29) is 0 Å². The van der Waals surface area contributed by atoms with E-state index >= 15 is 0 Å². The second kappa shape index (κ2) is 5.83. The van der Waals surface area contributed by atoms with Crippen LogP contribution in [0, 0.1) is 0 Å². The van der Waals surface area contributed by atoms with Gasteiger partial charge < -0.3 is 9.84 Å². The highest BCUT2D eigenvalue weighted by molar-refractivity contribution is 7.90. The van der Waals surface area contributed by atoms with Gasteiger partial charge >= 0.3 is 5.97 Å². The van der Waals surface area contributed by atoms with E-state index in [1.165, 1.54) is 7.11 Å². The Kier molecular flexibility index (Phi) is 4.69. The largest absolute Gasteiger partial charge is 0.496 e. The summed E-state index contributed by atoms with van der Waals surface area (Å²) in [5, 5.41) is 8.49. The maximum absolute atomic E-state index is 11.5. The van der Waals surface area contributed by atoms with Gasteiger partial charge in [0.05, 0.1) is 7.11 Å². The zero-order chi connectivity index (χ0) is 13.8. The van der Waals surface area contributed by atoms with E-state index in [0.29, 0.717) is 11.3 Å². The molecule has 0 aromatic heterocycles. The molecule has 1 aromatic carbocycles. The Labute approximate surface area is 106 Å². The van der Waals surface area contributed by atoms with E-state index in [4.69, 9.17) is 9.84 Å². The summed E-state index contributed by atoms with van der Waals surface area (Å²) in [6.45, 7) is 1.62. The van der Waals surface area contributed by atoms with E-state index in [0.717, 1.165) is 0 Å². The number of ether oxygens (including phenoxy) is 1. The maximum atomic E-state index is 11.5. The number of carboxylic acids is 1. The Hall–Kier alpha value is -1.60. The Bertz CT molecular complexity index is 526. The van der Waals surface area contributed by atoms with Gasteiger partial charge in [0, 0.05) is 11.6 Å². The number of rotatable bonds is 6. The minimum absolute atomic E-state index is 0.544. The molecule has 0 heterocycles. The van der Waals surface area contributed by atoms with Crippen LogP contribution >= 0.6 is 0 Å². The zero-order valence-electron chi connectivity index (χ0n) is 10.1. The molecule has 0 unspecified atom stereocenters. The Balaban J connectivity index is 2.88. The quantitative estimate of drug-likeness (QED) is 0.798. The molecule has 7 heteroatoms. The normalized spacial score (nSPS) is 13.0. The summed E-state index contributed by atoms with van der Waals surface area (Å²) in [5.74, 6) is -1.80. The number of aliphatic carboxylic acids is 1. The minimum atomic E-state index is -3.86. The summed E-state index contributed by atoms with van der Waals surface area (Å²) < 4.78 is 30.4. The topological polar surface area (TPSA) is 92.7 Å². The van der Waals surface area contributed by atoms with Crippen LogP contribution in [0.15, 0.2) is 24.3 Å². The number of hydrogen-bond donors (Lipinski definition) is 2. The summed E-state index contributed by atoms with van der Waals surface area (Å²) >= 11 is 0. The van der Waals surface area contributed by atoms with Crippen LogP contribution in [0.25, 0.3) is 0 Å². The van der Waals surface area contributed by atoms with Gasteiger partial charge in [0.2, 0.25) is 10.0 Å². The number of nitrogens with one attached hydrogen (secondary N) is 1. The number of hydrogen-bond acceptors (Lipinski definition) is 4. The van der Waals surface area contributed by atoms with Gasteiger partial charge in [-0.25, -0.2) is 13.1 Å². The summed E-state index contributed by atoms with van der Waals surface area (Å²) in [4.78, 5) is 10.4. The predicted octanol–water partition coefficient (Wildman–Crippen LogP) is 0.760. The number of carboxylic acid groups (broad SMARTS) is 1. The molecule has 0 radical (unpaired) electrons. The molecular weight excluding hydrogens is 258 g/mol. The summed E-state index contributed by atoms with van der Waals surface area (Å²) in [6.07, 6.45) is 0. The second-order valence-electron chi connectivity index (χ2n) is 3.73. The lowest BCUT2D eigenvalue weighted by atomic mass is 10.1. The fraction of sp³-hybridized carbons (Fsp3) is 0.364. The number of carbonyl (C=O) groups is 1. The monoisotopic (exact) mass is 273 g/mol. The van der Waals surface area contributed by atoms with E-state index in [1.807, 2.05) is 0 Å². The van der Waals surface area contributed by atoms with Crippen molar-refractivity contribution >= 4 is 16.0 Å². The molecule has 0 amide bonds. The van der Waals surface area contributed by atoms with Crippen LogP contribution in [0.5, 0.6) is 5.75 Å².